The fraction of sp³-hybridized carbons (Fsp3) is 0.583. The van der Waals surface area contributed by atoms with Gasteiger partial charge in [-0.2, -0.15) is 0 Å². The molecule has 160 valence electrons. The van der Waals surface area contributed by atoms with Crippen molar-refractivity contribution in [2.24, 2.45) is 17.3 Å². The molecule has 3 unspecified atom stereocenters. The number of aromatic nitrogens is 1. The number of hydrogen-bond donors (Lipinski definition) is 2. The molecule has 6 rings (SSSR count). The van der Waals surface area contributed by atoms with Gasteiger partial charge in [-0.15, -0.1) is 0 Å². The summed E-state index contributed by atoms with van der Waals surface area (Å²) < 4.78 is 5.14. The van der Waals surface area contributed by atoms with E-state index in [2.05, 4.69) is 29.5 Å². The summed E-state index contributed by atoms with van der Waals surface area (Å²) in [5, 5.41) is 17.5. The van der Waals surface area contributed by atoms with Crippen molar-refractivity contribution in [1.29, 1.82) is 0 Å². The number of carbonyl (C=O) groups excluding carboxylic acids is 1. The number of carbonyl (C=O) groups is 1. The summed E-state index contributed by atoms with van der Waals surface area (Å²) in [5.41, 5.74) is 2.37. The summed E-state index contributed by atoms with van der Waals surface area (Å²) in [5.74, 6) is 1.67. The number of aliphatic hydroxyl groups excluding tert-OH is 1. The van der Waals surface area contributed by atoms with Crippen LogP contribution >= 0.6 is 11.6 Å². The summed E-state index contributed by atoms with van der Waals surface area (Å²) in [6, 6.07) is 8.47. The van der Waals surface area contributed by atoms with Crippen LogP contribution < -0.4 is 5.32 Å². The maximum atomic E-state index is 13.0. The molecule has 0 spiro atoms. The molecule has 3 atom stereocenters. The van der Waals surface area contributed by atoms with Crippen molar-refractivity contribution in [3.8, 4) is 0 Å². The van der Waals surface area contributed by atoms with E-state index in [4.69, 9.17) is 16.1 Å². The largest absolute Gasteiger partial charge is 0.391 e. The summed E-state index contributed by atoms with van der Waals surface area (Å²) in [6.45, 7) is 3.61. The van der Waals surface area contributed by atoms with Crippen LogP contribution in [0, 0.1) is 24.2 Å². The SMILES string of the molecule is Cc1onc(C(=O)NC(C)C23CC4CC(CC(c5ccc(Cl)cc5)(C4)C2)C3)c1CO. The highest BCUT2D eigenvalue weighted by Gasteiger charge is 2.59. The van der Waals surface area contributed by atoms with Gasteiger partial charge in [-0.05, 0) is 92.7 Å². The molecule has 0 saturated heterocycles. The molecule has 4 aliphatic carbocycles. The highest BCUT2D eigenvalue weighted by Crippen LogP contribution is 2.66. The predicted octanol–water partition coefficient (Wildman–Crippen LogP) is 4.79. The van der Waals surface area contributed by atoms with Gasteiger partial charge in [-0.3, -0.25) is 4.79 Å². The molecule has 2 aromatic rings. The molecule has 5 nitrogen and oxygen atoms in total. The number of benzene rings is 1. The molecule has 1 aromatic heterocycles. The van der Waals surface area contributed by atoms with Crippen LogP contribution in [0.15, 0.2) is 28.8 Å². The van der Waals surface area contributed by atoms with Crippen LogP contribution in [0.5, 0.6) is 0 Å². The van der Waals surface area contributed by atoms with E-state index in [0.717, 1.165) is 11.4 Å². The normalized spacial score (nSPS) is 32.9. The van der Waals surface area contributed by atoms with Gasteiger partial charge in [0.2, 0.25) is 0 Å². The Bertz CT molecular complexity index is 953. The van der Waals surface area contributed by atoms with Crippen molar-refractivity contribution >= 4 is 17.5 Å². The number of nitrogens with zero attached hydrogens (tertiary/aromatic N) is 1. The zero-order valence-corrected chi connectivity index (χ0v) is 18.3. The zero-order chi connectivity index (χ0) is 21.1. The van der Waals surface area contributed by atoms with Crippen LogP contribution in [-0.4, -0.2) is 22.2 Å². The van der Waals surface area contributed by atoms with E-state index >= 15 is 0 Å². The topological polar surface area (TPSA) is 75.4 Å². The second-order valence-corrected chi connectivity index (χ2v) is 10.5. The van der Waals surface area contributed by atoms with E-state index in [1.165, 1.54) is 37.7 Å². The number of nitrogens with one attached hydrogen (secondary N) is 1. The molecule has 1 aromatic carbocycles. The Labute approximate surface area is 182 Å². The Balaban J connectivity index is 1.42. The number of rotatable bonds is 5. The minimum atomic E-state index is -0.250. The van der Waals surface area contributed by atoms with Crippen LogP contribution in [0.25, 0.3) is 0 Å². The molecular formula is C24H29ClN2O3. The highest BCUT2D eigenvalue weighted by molar-refractivity contribution is 6.30. The standard InChI is InChI=1S/C24H29ClN2O3/c1-14-20(12-28)21(27-30-14)22(29)26-15(2)23-8-16-7-17(9-23)11-24(10-16,13-23)18-3-5-19(25)6-4-18/h3-6,15-17,28H,7-13H2,1-2H3,(H,26,29). The van der Waals surface area contributed by atoms with Gasteiger partial charge in [-0.1, -0.05) is 28.9 Å². The van der Waals surface area contributed by atoms with Crippen molar-refractivity contribution in [3.05, 3.63) is 51.9 Å². The average Bonchev–Trinajstić information content (AvgIpc) is 3.08. The van der Waals surface area contributed by atoms with Crippen LogP contribution in [-0.2, 0) is 12.0 Å². The number of halogens is 1. The summed E-state index contributed by atoms with van der Waals surface area (Å²) in [7, 11) is 0. The lowest BCUT2D eigenvalue weighted by molar-refractivity contribution is -0.0865. The summed E-state index contributed by atoms with van der Waals surface area (Å²) in [6.07, 6.45) is 7.24. The Morgan fingerprint density at radius 3 is 2.57 bits per heavy atom. The van der Waals surface area contributed by atoms with Crippen LogP contribution in [0.2, 0.25) is 5.02 Å². The zero-order valence-electron chi connectivity index (χ0n) is 17.6. The second kappa shape index (κ2) is 7.10. The Morgan fingerprint density at radius 2 is 1.93 bits per heavy atom. The van der Waals surface area contributed by atoms with Crippen molar-refractivity contribution < 1.29 is 14.4 Å². The van der Waals surface area contributed by atoms with E-state index in [1.807, 2.05) is 12.1 Å². The maximum absolute atomic E-state index is 13.0. The minimum Gasteiger partial charge on any atom is -0.391 e. The first-order valence-electron chi connectivity index (χ1n) is 11.0. The average molecular weight is 429 g/mol. The van der Waals surface area contributed by atoms with Crippen LogP contribution in [0.3, 0.4) is 0 Å². The minimum absolute atomic E-state index is 0.0334. The van der Waals surface area contributed by atoms with Crippen molar-refractivity contribution in [2.45, 2.75) is 70.4 Å². The monoisotopic (exact) mass is 428 g/mol. The lowest BCUT2D eigenvalue weighted by atomic mass is 9.41. The lowest BCUT2D eigenvalue weighted by Gasteiger charge is -2.64. The molecule has 4 fully saturated rings. The van der Waals surface area contributed by atoms with Gasteiger partial charge in [0.1, 0.15) is 5.76 Å². The van der Waals surface area contributed by atoms with Gasteiger partial charge >= 0.3 is 0 Å². The predicted molar refractivity (Wildman–Crippen MR) is 114 cm³/mol. The molecule has 1 amide bonds. The van der Waals surface area contributed by atoms with E-state index in [0.29, 0.717) is 23.2 Å². The smallest absolute Gasteiger partial charge is 0.274 e. The number of amides is 1. The molecule has 4 saturated carbocycles. The quantitative estimate of drug-likeness (QED) is 0.718. The molecule has 4 aliphatic rings. The third-order valence-corrected chi connectivity index (χ3v) is 8.44. The first-order chi connectivity index (χ1) is 14.3. The maximum Gasteiger partial charge on any atom is 0.274 e. The fourth-order valence-corrected chi connectivity index (χ4v) is 7.28. The number of aliphatic hydroxyl groups is 1. The number of hydrogen-bond acceptors (Lipinski definition) is 4. The Hall–Kier alpha value is -1.85. The lowest BCUT2D eigenvalue weighted by Crippen LogP contribution is -2.60. The van der Waals surface area contributed by atoms with Crippen molar-refractivity contribution in [2.75, 3.05) is 0 Å². The van der Waals surface area contributed by atoms with E-state index < -0.39 is 0 Å². The van der Waals surface area contributed by atoms with Crippen LogP contribution in [0.1, 0.15) is 72.8 Å². The molecule has 0 radical (unpaired) electrons. The molecule has 4 bridgehead atoms. The molecule has 1 heterocycles. The van der Waals surface area contributed by atoms with Gasteiger partial charge in [-0.25, -0.2) is 0 Å². The van der Waals surface area contributed by atoms with E-state index in [-0.39, 0.29) is 35.1 Å². The second-order valence-electron chi connectivity index (χ2n) is 10.0. The number of aryl methyl sites for hydroxylation is 1. The molecule has 2 N–H and O–H groups in total. The van der Waals surface area contributed by atoms with Gasteiger partial charge in [0.25, 0.3) is 5.91 Å². The molecular weight excluding hydrogens is 400 g/mol. The van der Waals surface area contributed by atoms with Crippen molar-refractivity contribution in [3.63, 3.8) is 0 Å². The fourth-order valence-electron chi connectivity index (χ4n) is 7.16. The third kappa shape index (κ3) is 3.09. The van der Waals surface area contributed by atoms with Crippen molar-refractivity contribution in [1.82, 2.24) is 10.5 Å². The summed E-state index contributed by atoms with van der Waals surface area (Å²) in [4.78, 5) is 13.0. The first-order valence-corrected chi connectivity index (χ1v) is 11.3. The molecule has 0 aliphatic heterocycles. The van der Waals surface area contributed by atoms with Gasteiger partial charge in [0, 0.05) is 11.1 Å². The van der Waals surface area contributed by atoms with Crippen LogP contribution in [0.4, 0.5) is 0 Å². The Morgan fingerprint density at radius 1 is 1.27 bits per heavy atom. The summed E-state index contributed by atoms with van der Waals surface area (Å²) >= 11 is 6.16. The molecule has 6 heteroatoms. The molecule has 30 heavy (non-hydrogen) atoms. The van der Waals surface area contributed by atoms with E-state index in [9.17, 15) is 9.90 Å². The highest BCUT2D eigenvalue weighted by atomic mass is 35.5. The first kappa shape index (κ1) is 20.1. The van der Waals surface area contributed by atoms with Gasteiger partial charge in [0.05, 0.1) is 12.2 Å². The van der Waals surface area contributed by atoms with Gasteiger partial charge in [0.15, 0.2) is 5.69 Å². The Kier molecular flexibility index (Phi) is 4.75. The van der Waals surface area contributed by atoms with E-state index in [1.54, 1.807) is 6.92 Å². The third-order valence-electron chi connectivity index (χ3n) is 8.19. The van der Waals surface area contributed by atoms with Gasteiger partial charge < -0.3 is 14.9 Å².